The quantitative estimate of drug-likeness (QED) is 0.0488. The van der Waals surface area contributed by atoms with Gasteiger partial charge >= 0.3 is 11.9 Å². The Labute approximate surface area is 298 Å². The predicted molar refractivity (Wildman–Crippen MR) is 203 cm³/mol. The molecule has 0 aromatic carbocycles. The van der Waals surface area contributed by atoms with E-state index in [-0.39, 0.29) is 11.9 Å². The molecule has 1 aliphatic rings. The summed E-state index contributed by atoms with van der Waals surface area (Å²) in [5.74, 6) is -0.254. The van der Waals surface area contributed by atoms with Crippen LogP contribution >= 0.6 is 0 Å². The summed E-state index contributed by atoms with van der Waals surface area (Å²) in [5, 5.41) is 4.49. The van der Waals surface area contributed by atoms with Crippen LogP contribution in [0, 0.1) is 0 Å². The average Bonchev–Trinajstić information content (AvgIpc) is 3.09. The number of rotatable bonds is 35. The first-order valence-corrected chi connectivity index (χ1v) is 21.1. The van der Waals surface area contributed by atoms with Gasteiger partial charge in [0.15, 0.2) is 0 Å². The van der Waals surface area contributed by atoms with Crippen molar-refractivity contribution in [2.75, 3.05) is 59.5 Å². The fourth-order valence-electron chi connectivity index (χ4n) is 6.67. The molecule has 0 unspecified atom stereocenters. The summed E-state index contributed by atoms with van der Waals surface area (Å²) < 4.78 is 11.1. The van der Waals surface area contributed by atoms with Crippen LogP contribution in [-0.4, -0.2) is 86.4 Å². The molecule has 0 saturated carbocycles. The topological polar surface area (TPSA) is 62.3 Å². The monoisotopic (exact) mass is 680 g/mol. The third kappa shape index (κ3) is 28.6. The number of carbonyl (C=O) groups excluding carboxylic acids is 2. The molecule has 0 bridgehead atoms. The van der Waals surface area contributed by atoms with Gasteiger partial charge in [0.1, 0.15) is 0 Å². The Balaban J connectivity index is 2.09. The largest absolute Gasteiger partial charge is 0.466 e. The van der Waals surface area contributed by atoms with Crippen molar-refractivity contribution >= 4 is 11.9 Å². The van der Waals surface area contributed by atoms with Gasteiger partial charge in [0, 0.05) is 39.3 Å². The summed E-state index contributed by atoms with van der Waals surface area (Å²) >= 11 is 0. The van der Waals surface area contributed by atoms with Crippen LogP contribution in [0.2, 0.25) is 0 Å². The maximum Gasteiger partial charge on any atom is 0.307 e. The lowest BCUT2D eigenvalue weighted by molar-refractivity contribution is -0.147. The lowest BCUT2D eigenvalue weighted by atomic mass is 10.0. The van der Waals surface area contributed by atoms with E-state index in [9.17, 15) is 9.59 Å². The van der Waals surface area contributed by atoms with Gasteiger partial charge in [-0.2, -0.15) is 0 Å². The Morgan fingerprint density at radius 1 is 0.458 bits per heavy atom. The van der Waals surface area contributed by atoms with Crippen LogP contribution in [0.15, 0.2) is 0 Å². The van der Waals surface area contributed by atoms with Crippen molar-refractivity contribution in [3.05, 3.63) is 0 Å². The van der Waals surface area contributed by atoms with E-state index >= 15 is 0 Å². The zero-order valence-electron chi connectivity index (χ0n) is 32.4. The van der Waals surface area contributed by atoms with Gasteiger partial charge in [-0.05, 0) is 19.9 Å². The average molecular weight is 680 g/mol. The summed E-state index contributed by atoms with van der Waals surface area (Å²) in [4.78, 5) is 27.4. The SMILES string of the molecule is CCCCCCCCCCCCCCCCOC(=O)CCN(CCC(=O)OCCCCCCCCCCCCCC)N1CCN(C)CC1. The molecule has 284 valence electrons. The molecule has 1 rings (SSSR count). The Morgan fingerprint density at radius 2 is 0.750 bits per heavy atom. The minimum absolute atomic E-state index is 0.127. The Kier molecular flexibility index (Phi) is 32.0. The standard InChI is InChI=1S/C41H81N3O4/c1-4-6-8-10-12-14-16-18-19-21-23-25-27-29-39-48-41(46)31-33-43(44-36-34-42(3)35-37-44)32-30-40(45)47-38-28-26-24-22-20-17-15-13-11-9-7-5-2/h4-39H2,1-3H3. The summed E-state index contributed by atoms with van der Waals surface area (Å²) in [6.45, 7) is 10.6. The number of hydrogen-bond acceptors (Lipinski definition) is 7. The highest BCUT2D eigenvalue weighted by Crippen LogP contribution is 2.14. The number of piperazine rings is 1. The van der Waals surface area contributed by atoms with Gasteiger partial charge in [0.2, 0.25) is 0 Å². The molecule has 1 saturated heterocycles. The smallest absolute Gasteiger partial charge is 0.307 e. The van der Waals surface area contributed by atoms with Crippen molar-refractivity contribution < 1.29 is 19.1 Å². The number of hydrogen-bond donors (Lipinski definition) is 0. The molecule has 0 amide bonds. The van der Waals surface area contributed by atoms with Crippen LogP contribution in [0.25, 0.3) is 0 Å². The number of unbranched alkanes of at least 4 members (excludes halogenated alkanes) is 24. The molecule has 0 N–H and O–H groups in total. The third-order valence-electron chi connectivity index (χ3n) is 10.0. The highest BCUT2D eigenvalue weighted by atomic mass is 16.5. The van der Waals surface area contributed by atoms with Crippen molar-refractivity contribution in [2.45, 2.75) is 194 Å². The van der Waals surface area contributed by atoms with Crippen molar-refractivity contribution in [3.63, 3.8) is 0 Å². The maximum atomic E-state index is 12.5. The number of carbonyl (C=O) groups is 2. The second-order valence-corrected chi connectivity index (χ2v) is 14.6. The molecule has 0 aromatic rings. The zero-order valence-corrected chi connectivity index (χ0v) is 32.4. The molecule has 0 aliphatic carbocycles. The van der Waals surface area contributed by atoms with Crippen LogP contribution in [0.3, 0.4) is 0 Å². The van der Waals surface area contributed by atoms with E-state index in [1.807, 2.05) is 0 Å². The predicted octanol–water partition coefficient (Wildman–Crippen LogP) is 10.5. The van der Waals surface area contributed by atoms with Crippen molar-refractivity contribution in [1.29, 1.82) is 0 Å². The van der Waals surface area contributed by atoms with Gasteiger partial charge in [0.05, 0.1) is 26.1 Å². The Bertz CT molecular complexity index is 714. The Hall–Kier alpha value is -1.18. The van der Waals surface area contributed by atoms with Gasteiger partial charge in [-0.15, -0.1) is 0 Å². The minimum atomic E-state index is -0.127. The van der Waals surface area contributed by atoms with Crippen LogP contribution in [0.1, 0.15) is 194 Å². The number of likely N-dealkylation sites (N-methyl/N-ethyl adjacent to an activating group) is 1. The normalized spacial score (nSPS) is 14.2. The van der Waals surface area contributed by atoms with E-state index in [2.05, 4.69) is 35.8 Å². The van der Waals surface area contributed by atoms with Crippen molar-refractivity contribution in [3.8, 4) is 0 Å². The van der Waals surface area contributed by atoms with E-state index in [1.165, 1.54) is 141 Å². The van der Waals surface area contributed by atoms with Crippen LogP contribution in [0.4, 0.5) is 0 Å². The molecule has 7 heteroatoms. The van der Waals surface area contributed by atoms with Crippen LogP contribution in [-0.2, 0) is 19.1 Å². The van der Waals surface area contributed by atoms with Gasteiger partial charge < -0.3 is 14.4 Å². The van der Waals surface area contributed by atoms with Crippen molar-refractivity contribution in [2.24, 2.45) is 0 Å². The molecule has 48 heavy (non-hydrogen) atoms. The first-order chi connectivity index (χ1) is 23.6. The second-order valence-electron chi connectivity index (χ2n) is 14.6. The van der Waals surface area contributed by atoms with Crippen LogP contribution in [0.5, 0.6) is 0 Å². The van der Waals surface area contributed by atoms with Gasteiger partial charge in [-0.1, -0.05) is 168 Å². The molecular weight excluding hydrogens is 598 g/mol. The number of ether oxygens (including phenoxy) is 2. The fraction of sp³-hybridized carbons (Fsp3) is 0.951. The lowest BCUT2D eigenvalue weighted by Gasteiger charge is -2.40. The zero-order chi connectivity index (χ0) is 34.8. The molecule has 1 fully saturated rings. The molecule has 0 atom stereocenters. The molecule has 1 aliphatic heterocycles. The van der Waals surface area contributed by atoms with Gasteiger partial charge in [-0.3, -0.25) is 9.59 Å². The first-order valence-electron chi connectivity index (χ1n) is 21.1. The number of hydrazine groups is 1. The summed E-state index contributed by atoms with van der Waals surface area (Å²) in [6, 6.07) is 0. The van der Waals surface area contributed by atoms with E-state index in [4.69, 9.17) is 9.47 Å². The molecule has 0 spiro atoms. The molecule has 0 radical (unpaired) electrons. The Morgan fingerprint density at radius 3 is 1.06 bits per heavy atom. The van der Waals surface area contributed by atoms with Gasteiger partial charge in [0.25, 0.3) is 0 Å². The highest BCUT2D eigenvalue weighted by molar-refractivity contribution is 5.70. The van der Waals surface area contributed by atoms with Gasteiger partial charge in [-0.25, -0.2) is 10.0 Å². The fourth-order valence-corrected chi connectivity index (χ4v) is 6.67. The lowest BCUT2D eigenvalue weighted by Crippen LogP contribution is -2.53. The summed E-state index contributed by atoms with van der Waals surface area (Å²) in [7, 11) is 2.14. The second kappa shape index (κ2) is 34.3. The van der Waals surface area contributed by atoms with E-state index in [0.29, 0.717) is 39.1 Å². The van der Waals surface area contributed by atoms with E-state index in [0.717, 1.165) is 51.9 Å². The molecular formula is C41H81N3O4. The van der Waals surface area contributed by atoms with Crippen molar-refractivity contribution in [1.82, 2.24) is 14.9 Å². The van der Waals surface area contributed by atoms with E-state index < -0.39 is 0 Å². The molecule has 7 nitrogen and oxygen atoms in total. The molecule has 1 heterocycles. The summed E-state index contributed by atoms with van der Waals surface area (Å²) in [5.41, 5.74) is 0. The maximum absolute atomic E-state index is 12.5. The van der Waals surface area contributed by atoms with E-state index in [1.54, 1.807) is 0 Å². The number of nitrogens with zero attached hydrogens (tertiary/aromatic N) is 3. The third-order valence-corrected chi connectivity index (χ3v) is 10.0. The first kappa shape index (κ1) is 44.8. The number of esters is 2. The minimum Gasteiger partial charge on any atom is -0.466 e. The summed E-state index contributed by atoms with van der Waals surface area (Å²) in [6.07, 6.45) is 34.8. The van der Waals surface area contributed by atoms with Crippen LogP contribution < -0.4 is 0 Å². The highest BCUT2D eigenvalue weighted by Gasteiger charge is 2.22. The molecule has 0 aromatic heterocycles.